The number of rotatable bonds is 7. The number of guanidine groups is 1. The minimum Gasteiger partial charge on any atom is -0.356 e. The van der Waals surface area contributed by atoms with Crippen molar-refractivity contribution in [2.24, 2.45) is 10.9 Å². The van der Waals surface area contributed by atoms with E-state index in [-0.39, 0.29) is 0 Å². The van der Waals surface area contributed by atoms with Gasteiger partial charge in [-0.1, -0.05) is 13.0 Å². The maximum absolute atomic E-state index is 4.27. The minimum absolute atomic E-state index is 0.850. The first-order valence-electron chi connectivity index (χ1n) is 8.47. The fourth-order valence-corrected chi connectivity index (χ4v) is 3.40. The van der Waals surface area contributed by atoms with E-state index in [1.807, 2.05) is 7.05 Å². The van der Waals surface area contributed by atoms with Crippen molar-refractivity contribution in [1.29, 1.82) is 0 Å². The Morgan fingerprint density at radius 2 is 2.14 bits per heavy atom. The van der Waals surface area contributed by atoms with E-state index >= 15 is 0 Å². The van der Waals surface area contributed by atoms with E-state index in [9.17, 15) is 0 Å². The Bertz CT molecular complexity index is 422. The molecule has 1 aromatic rings. The highest BCUT2D eigenvalue weighted by Crippen LogP contribution is 2.16. The second-order valence-electron chi connectivity index (χ2n) is 6.16. The van der Waals surface area contributed by atoms with Gasteiger partial charge < -0.3 is 15.5 Å². The van der Waals surface area contributed by atoms with Gasteiger partial charge in [0.1, 0.15) is 0 Å². The number of nitrogens with one attached hydrogen (secondary N) is 2. The molecule has 1 saturated heterocycles. The molecular weight excluding hydrogens is 292 g/mol. The number of piperidine rings is 1. The van der Waals surface area contributed by atoms with Gasteiger partial charge in [0.15, 0.2) is 5.96 Å². The summed E-state index contributed by atoms with van der Waals surface area (Å²) in [6.45, 7) is 8.04. The third kappa shape index (κ3) is 6.36. The summed E-state index contributed by atoms with van der Waals surface area (Å²) in [6.07, 6.45) is 5.21. The predicted octanol–water partition coefficient (Wildman–Crippen LogP) is 2.93. The molecule has 4 nitrogen and oxygen atoms in total. The maximum atomic E-state index is 4.27. The number of hydrogen-bond acceptors (Lipinski definition) is 3. The van der Waals surface area contributed by atoms with Crippen LogP contribution in [0.3, 0.4) is 0 Å². The highest BCUT2D eigenvalue weighted by Gasteiger charge is 2.14. The second-order valence-corrected chi connectivity index (χ2v) is 7.20. The predicted molar refractivity (Wildman–Crippen MR) is 96.6 cm³/mol. The molecule has 1 aromatic heterocycles. The third-order valence-electron chi connectivity index (χ3n) is 4.30. The van der Waals surface area contributed by atoms with Gasteiger partial charge in [0.2, 0.25) is 0 Å². The van der Waals surface area contributed by atoms with Crippen molar-refractivity contribution >= 4 is 17.3 Å². The van der Waals surface area contributed by atoms with Gasteiger partial charge in [0.25, 0.3) is 0 Å². The molecule has 2 N–H and O–H groups in total. The van der Waals surface area contributed by atoms with Gasteiger partial charge in [-0.2, -0.15) is 0 Å². The second kappa shape index (κ2) is 9.85. The molecule has 0 atom stereocenters. The molecular formula is C17H30N4S. The lowest BCUT2D eigenvalue weighted by Gasteiger charge is -2.30. The molecule has 0 unspecified atom stereocenters. The van der Waals surface area contributed by atoms with Crippen molar-refractivity contribution in [3.8, 4) is 0 Å². The molecule has 0 aliphatic carbocycles. The van der Waals surface area contributed by atoms with Crippen LogP contribution in [0.4, 0.5) is 0 Å². The quantitative estimate of drug-likeness (QED) is 0.461. The lowest BCUT2D eigenvalue weighted by molar-refractivity contribution is 0.189. The van der Waals surface area contributed by atoms with Crippen molar-refractivity contribution in [3.05, 3.63) is 22.4 Å². The average Bonchev–Trinajstić information content (AvgIpc) is 3.05. The first-order chi connectivity index (χ1) is 10.8. The van der Waals surface area contributed by atoms with E-state index in [0.717, 1.165) is 25.0 Å². The molecule has 1 aliphatic heterocycles. The molecule has 0 aromatic carbocycles. The standard InChI is InChI=1S/C17H30N4S/c1-15-7-11-21(12-8-15)10-4-3-9-19-17(18-2)20-14-16-6-5-13-22-16/h5-6,13,15H,3-4,7-12,14H2,1-2H3,(H2,18,19,20). The van der Waals surface area contributed by atoms with Crippen LogP contribution in [-0.2, 0) is 6.54 Å². The van der Waals surface area contributed by atoms with Gasteiger partial charge in [-0.25, -0.2) is 0 Å². The van der Waals surface area contributed by atoms with Crippen LogP contribution >= 0.6 is 11.3 Å². The van der Waals surface area contributed by atoms with Crippen molar-refractivity contribution in [2.45, 2.75) is 39.2 Å². The van der Waals surface area contributed by atoms with E-state index in [2.05, 4.69) is 45.0 Å². The molecule has 22 heavy (non-hydrogen) atoms. The van der Waals surface area contributed by atoms with Gasteiger partial charge >= 0.3 is 0 Å². The fraction of sp³-hybridized carbons (Fsp3) is 0.706. The summed E-state index contributed by atoms with van der Waals surface area (Å²) in [4.78, 5) is 8.22. The molecule has 5 heteroatoms. The SMILES string of the molecule is CN=C(NCCCCN1CCC(C)CC1)NCc1cccs1. The number of thiophene rings is 1. The van der Waals surface area contributed by atoms with E-state index in [1.165, 1.54) is 50.2 Å². The van der Waals surface area contributed by atoms with Crippen molar-refractivity contribution < 1.29 is 0 Å². The normalized spacial score (nSPS) is 17.6. The molecule has 0 bridgehead atoms. The Kier molecular flexibility index (Phi) is 7.74. The molecule has 1 aliphatic rings. The molecule has 0 amide bonds. The summed E-state index contributed by atoms with van der Waals surface area (Å²) < 4.78 is 0. The number of hydrogen-bond donors (Lipinski definition) is 2. The molecule has 0 radical (unpaired) electrons. The smallest absolute Gasteiger partial charge is 0.191 e. The van der Waals surface area contributed by atoms with Crippen LogP contribution in [0, 0.1) is 5.92 Å². The molecule has 2 rings (SSSR count). The van der Waals surface area contributed by atoms with Crippen LogP contribution in [0.1, 0.15) is 37.5 Å². The van der Waals surface area contributed by atoms with E-state index < -0.39 is 0 Å². The van der Waals surface area contributed by atoms with E-state index in [0.29, 0.717) is 0 Å². The summed E-state index contributed by atoms with van der Waals surface area (Å²) in [5.41, 5.74) is 0. The number of aliphatic imine (C=N–C) groups is 1. The highest BCUT2D eigenvalue weighted by atomic mass is 32.1. The van der Waals surface area contributed by atoms with Gasteiger partial charge in [-0.05, 0) is 62.7 Å². The average molecular weight is 323 g/mol. The molecule has 0 saturated carbocycles. The first kappa shape index (κ1) is 17.3. The molecule has 124 valence electrons. The van der Waals surface area contributed by atoms with Crippen LogP contribution in [0.2, 0.25) is 0 Å². The zero-order chi connectivity index (χ0) is 15.6. The van der Waals surface area contributed by atoms with Gasteiger partial charge in [-0.3, -0.25) is 4.99 Å². The lowest BCUT2D eigenvalue weighted by Crippen LogP contribution is -2.37. The molecule has 0 spiro atoms. The van der Waals surface area contributed by atoms with E-state index in [4.69, 9.17) is 0 Å². The highest BCUT2D eigenvalue weighted by molar-refractivity contribution is 7.09. The number of unbranched alkanes of at least 4 members (excludes halogenated alkanes) is 1. The maximum Gasteiger partial charge on any atom is 0.191 e. The Balaban J connectivity index is 1.51. The monoisotopic (exact) mass is 322 g/mol. The topological polar surface area (TPSA) is 39.7 Å². The summed E-state index contributed by atoms with van der Waals surface area (Å²) in [6, 6.07) is 4.23. The fourth-order valence-electron chi connectivity index (χ4n) is 2.76. The van der Waals surface area contributed by atoms with Crippen molar-refractivity contribution in [3.63, 3.8) is 0 Å². The van der Waals surface area contributed by atoms with Crippen LogP contribution in [0.5, 0.6) is 0 Å². The summed E-state index contributed by atoms with van der Waals surface area (Å²) in [5.74, 6) is 1.83. The minimum atomic E-state index is 0.850. The lowest BCUT2D eigenvalue weighted by atomic mass is 9.99. The Morgan fingerprint density at radius 1 is 1.32 bits per heavy atom. The Hall–Kier alpha value is -1.07. The largest absolute Gasteiger partial charge is 0.356 e. The summed E-state index contributed by atoms with van der Waals surface area (Å²) in [7, 11) is 1.83. The van der Waals surface area contributed by atoms with Crippen LogP contribution in [0.15, 0.2) is 22.5 Å². The zero-order valence-electron chi connectivity index (χ0n) is 14.0. The zero-order valence-corrected chi connectivity index (χ0v) is 14.8. The summed E-state index contributed by atoms with van der Waals surface area (Å²) >= 11 is 1.77. The van der Waals surface area contributed by atoms with Gasteiger partial charge in [0.05, 0.1) is 6.54 Å². The number of likely N-dealkylation sites (tertiary alicyclic amines) is 1. The van der Waals surface area contributed by atoms with Crippen LogP contribution < -0.4 is 10.6 Å². The summed E-state index contributed by atoms with van der Waals surface area (Å²) in [5, 5.41) is 8.86. The molecule has 1 fully saturated rings. The van der Waals surface area contributed by atoms with Gasteiger partial charge in [-0.15, -0.1) is 11.3 Å². The third-order valence-corrected chi connectivity index (χ3v) is 5.18. The molecule has 2 heterocycles. The first-order valence-corrected chi connectivity index (χ1v) is 9.35. The Labute approximate surface area is 139 Å². The van der Waals surface area contributed by atoms with Crippen LogP contribution in [-0.4, -0.2) is 44.1 Å². The van der Waals surface area contributed by atoms with E-state index in [1.54, 1.807) is 11.3 Å². The van der Waals surface area contributed by atoms with Gasteiger partial charge in [0, 0.05) is 18.5 Å². The Morgan fingerprint density at radius 3 is 2.82 bits per heavy atom. The van der Waals surface area contributed by atoms with Crippen LogP contribution in [0.25, 0.3) is 0 Å². The van der Waals surface area contributed by atoms with Crippen molar-refractivity contribution in [1.82, 2.24) is 15.5 Å². The van der Waals surface area contributed by atoms with Crippen molar-refractivity contribution in [2.75, 3.05) is 33.2 Å². The number of nitrogens with zero attached hydrogens (tertiary/aromatic N) is 2.